The van der Waals surface area contributed by atoms with Crippen molar-refractivity contribution >= 4 is 17.6 Å². The summed E-state index contributed by atoms with van der Waals surface area (Å²) in [5, 5.41) is 6.63. The number of benzene rings is 2. The number of ether oxygens (including phenoxy) is 1. The number of rotatable bonds is 8. The molecule has 0 radical (unpaired) electrons. The van der Waals surface area contributed by atoms with E-state index in [2.05, 4.69) is 20.3 Å². The molecule has 8 heteroatoms. The summed E-state index contributed by atoms with van der Waals surface area (Å²) in [5.41, 5.74) is 2.17. The standard InChI is InChI=1S/C22H26ClF2N3O2/c23-18-5-1-17(2-6-18)15-28-13-10-19(11-14-28)27-22(29)26-12-9-16-3-7-20(8-4-16)30-21(24)25/h1-8,19,21H,9-15H2,(H2,26,27,29). The van der Waals surface area contributed by atoms with Crippen LogP contribution in [0.2, 0.25) is 5.02 Å². The van der Waals surface area contributed by atoms with Gasteiger partial charge in [0.25, 0.3) is 0 Å². The monoisotopic (exact) mass is 437 g/mol. The van der Waals surface area contributed by atoms with Gasteiger partial charge in [0.1, 0.15) is 5.75 Å². The molecular formula is C22H26ClF2N3O2. The van der Waals surface area contributed by atoms with Crippen LogP contribution in [-0.4, -0.2) is 43.2 Å². The van der Waals surface area contributed by atoms with Crippen molar-refractivity contribution in [1.29, 1.82) is 0 Å². The fraction of sp³-hybridized carbons (Fsp3) is 0.409. The van der Waals surface area contributed by atoms with Crippen molar-refractivity contribution in [2.24, 2.45) is 0 Å². The first-order valence-electron chi connectivity index (χ1n) is 10.0. The van der Waals surface area contributed by atoms with Gasteiger partial charge in [-0.2, -0.15) is 8.78 Å². The maximum absolute atomic E-state index is 12.2. The molecule has 162 valence electrons. The number of piperidine rings is 1. The molecule has 2 amide bonds. The first kappa shape index (κ1) is 22.3. The number of carbonyl (C=O) groups excluding carboxylic acids is 1. The van der Waals surface area contributed by atoms with Crippen LogP contribution in [0.4, 0.5) is 13.6 Å². The lowest BCUT2D eigenvalue weighted by atomic mass is 10.0. The van der Waals surface area contributed by atoms with Gasteiger partial charge in [-0.05, 0) is 54.7 Å². The largest absolute Gasteiger partial charge is 0.435 e. The second kappa shape index (κ2) is 11.1. The number of halogens is 3. The lowest BCUT2D eigenvalue weighted by Crippen LogP contribution is -2.48. The molecule has 0 aromatic heterocycles. The third-order valence-electron chi connectivity index (χ3n) is 5.09. The minimum Gasteiger partial charge on any atom is -0.435 e. The molecule has 0 atom stereocenters. The van der Waals surface area contributed by atoms with Gasteiger partial charge in [0, 0.05) is 37.2 Å². The fourth-order valence-corrected chi connectivity index (χ4v) is 3.60. The summed E-state index contributed by atoms with van der Waals surface area (Å²) in [6.45, 7) is 0.389. The van der Waals surface area contributed by atoms with E-state index in [-0.39, 0.29) is 17.8 Å². The molecule has 1 aliphatic heterocycles. The van der Waals surface area contributed by atoms with Crippen molar-refractivity contribution in [2.75, 3.05) is 19.6 Å². The first-order chi connectivity index (χ1) is 14.5. The molecule has 0 unspecified atom stereocenters. The predicted octanol–water partition coefficient (Wildman–Crippen LogP) is 4.45. The number of amides is 2. The predicted molar refractivity (Wildman–Crippen MR) is 113 cm³/mol. The summed E-state index contributed by atoms with van der Waals surface area (Å²) in [7, 11) is 0. The van der Waals surface area contributed by atoms with Gasteiger partial charge in [0.05, 0.1) is 0 Å². The third kappa shape index (κ3) is 7.46. The van der Waals surface area contributed by atoms with Gasteiger partial charge >= 0.3 is 12.6 Å². The van der Waals surface area contributed by atoms with E-state index in [4.69, 9.17) is 11.6 Å². The summed E-state index contributed by atoms with van der Waals surface area (Å²) in [6.07, 6.45) is 2.43. The Morgan fingerprint density at radius 3 is 2.33 bits per heavy atom. The van der Waals surface area contributed by atoms with Gasteiger partial charge in [-0.15, -0.1) is 0 Å². The zero-order valence-corrected chi connectivity index (χ0v) is 17.4. The van der Waals surface area contributed by atoms with Gasteiger partial charge in [0.15, 0.2) is 0 Å². The number of alkyl halides is 2. The van der Waals surface area contributed by atoms with Crippen LogP contribution in [0.15, 0.2) is 48.5 Å². The Balaban J connectivity index is 1.31. The van der Waals surface area contributed by atoms with Gasteiger partial charge in [-0.3, -0.25) is 4.90 Å². The Hall–Kier alpha value is -2.38. The Morgan fingerprint density at radius 1 is 1.07 bits per heavy atom. The molecule has 1 fully saturated rings. The van der Waals surface area contributed by atoms with Gasteiger partial charge in [0.2, 0.25) is 0 Å². The summed E-state index contributed by atoms with van der Waals surface area (Å²) < 4.78 is 28.6. The SMILES string of the molecule is O=C(NCCc1ccc(OC(F)F)cc1)NC1CCN(Cc2ccc(Cl)cc2)CC1. The molecule has 1 aliphatic rings. The van der Waals surface area contributed by atoms with Crippen molar-refractivity contribution < 1.29 is 18.3 Å². The van der Waals surface area contributed by atoms with Crippen LogP contribution < -0.4 is 15.4 Å². The molecule has 30 heavy (non-hydrogen) atoms. The number of carbonyl (C=O) groups is 1. The van der Waals surface area contributed by atoms with Gasteiger partial charge in [-0.25, -0.2) is 4.79 Å². The second-order valence-electron chi connectivity index (χ2n) is 7.35. The van der Waals surface area contributed by atoms with Crippen molar-refractivity contribution in [3.63, 3.8) is 0 Å². The molecular weight excluding hydrogens is 412 g/mol. The lowest BCUT2D eigenvalue weighted by molar-refractivity contribution is -0.0498. The number of hydrogen-bond donors (Lipinski definition) is 2. The second-order valence-corrected chi connectivity index (χ2v) is 7.79. The molecule has 0 spiro atoms. The Morgan fingerprint density at radius 2 is 1.70 bits per heavy atom. The molecule has 0 bridgehead atoms. The van der Waals surface area contributed by atoms with Crippen molar-refractivity contribution in [2.45, 2.75) is 38.5 Å². The van der Waals surface area contributed by atoms with E-state index in [1.165, 1.54) is 17.7 Å². The van der Waals surface area contributed by atoms with E-state index in [0.717, 1.165) is 43.1 Å². The van der Waals surface area contributed by atoms with Crippen LogP contribution in [0.3, 0.4) is 0 Å². The van der Waals surface area contributed by atoms with Gasteiger partial charge in [-0.1, -0.05) is 35.9 Å². The Kier molecular flexibility index (Phi) is 8.28. The summed E-state index contributed by atoms with van der Waals surface area (Å²) in [5.74, 6) is 0.127. The van der Waals surface area contributed by atoms with Crippen LogP contribution in [0, 0.1) is 0 Å². The highest BCUT2D eigenvalue weighted by Gasteiger charge is 2.20. The highest BCUT2D eigenvalue weighted by atomic mass is 35.5. The lowest BCUT2D eigenvalue weighted by Gasteiger charge is -2.32. The van der Waals surface area contributed by atoms with E-state index >= 15 is 0 Å². The third-order valence-corrected chi connectivity index (χ3v) is 5.34. The van der Waals surface area contributed by atoms with Crippen LogP contribution in [0.1, 0.15) is 24.0 Å². The number of likely N-dealkylation sites (tertiary alicyclic amines) is 1. The summed E-state index contributed by atoms with van der Waals surface area (Å²) >= 11 is 5.93. The van der Waals surface area contributed by atoms with E-state index in [0.29, 0.717) is 13.0 Å². The zero-order chi connectivity index (χ0) is 21.3. The smallest absolute Gasteiger partial charge is 0.387 e. The molecule has 2 aromatic rings. The van der Waals surface area contributed by atoms with E-state index < -0.39 is 6.61 Å². The number of nitrogens with zero attached hydrogens (tertiary/aromatic N) is 1. The number of nitrogens with one attached hydrogen (secondary N) is 2. The zero-order valence-electron chi connectivity index (χ0n) is 16.6. The van der Waals surface area contributed by atoms with E-state index in [1.807, 2.05) is 24.3 Å². The van der Waals surface area contributed by atoms with Crippen LogP contribution in [0.5, 0.6) is 5.75 Å². The fourth-order valence-electron chi connectivity index (χ4n) is 3.48. The van der Waals surface area contributed by atoms with Crippen LogP contribution in [-0.2, 0) is 13.0 Å². The minimum absolute atomic E-state index is 0.127. The van der Waals surface area contributed by atoms with Gasteiger partial charge < -0.3 is 15.4 Å². The highest BCUT2D eigenvalue weighted by Crippen LogP contribution is 2.16. The molecule has 5 nitrogen and oxygen atoms in total. The molecule has 1 heterocycles. The average molecular weight is 438 g/mol. The molecule has 0 aliphatic carbocycles. The molecule has 0 saturated carbocycles. The van der Waals surface area contributed by atoms with Crippen LogP contribution in [0.25, 0.3) is 0 Å². The van der Waals surface area contributed by atoms with Crippen molar-refractivity contribution in [3.8, 4) is 5.75 Å². The number of hydrogen-bond acceptors (Lipinski definition) is 3. The van der Waals surface area contributed by atoms with E-state index in [9.17, 15) is 13.6 Å². The highest BCUT2D eigenvalue weighted by molar-refractivity contribution is 6.30. The Bertz CT molecular complexity index is 795. The minimum atomic E-state index is -2.83. The van der Waals surface area contributed by atoms with E-state index in [1.54, 1.807) is 12.1 Å². The Labute approximate surface area is 180 Å². The maximum Gasteiger partial charge on any atom is 0.387 e. The maximum atomic E-state index is 12.2. The molecule has 2 aromatic carbocycles. The van der Waals surface area contributed by atoms with Crippen molar-refractivity contribution in [3.05, 3.63) is 64.7 Å². The van der Waals surface area contributed by atoms with Crippen molar-refractivity contribution in [1.82, 2.24) is 15.5 Å². The average Bonchev–Trinajstić information content (AvgIpc) is 2.72. The first-order valence-corrected chi connectivity index (χ1v) is 10.4. The normalized spacial score (nSPS) is 15.2. The molecule has 1 saturated heterocycles. The quantitative estimate of drug-likeness (QED) is 0.641. The number of urea groups is 1. The summed E-state index contributed by atoms with van der Waals surface area (Å²) in [4.78, 5) is 14.5. The van der Waals surface area contributed by atoms with Crippen LogP contribution >= 0.6 is 11.6 Å². The topological polar surface area (TPSA) is 53.6 Å². The summed E-state index contributed by atoms with van der Waals surface area (Å²) in [6, 6.07) is 14.3. The molecule has 3 rings (SSSR count). The molecule has 2 N–H and O–H groups in total.